The molecule has 0 fully saturated rings. The lowest BCUT2D eigenvalue weighted by Crippen LogP contribution is -2.25. The largest absolute Gasteiger partial charge is 0.496 e. The Morgan fingerprint density at radius 1 is 1.56 bits per heavy atom. The summed E-state index contributed by atoms with van der Waals surface area (Å²) in [6.07, 6.45) is 0. The van der Waals surface area contributed by atoms with E-state index in [1.165, 1.54) is 7.11 Å². The molecule has 0 aliphatic rings. The van der Waals surface area contributed by atoms with Crippen LogP contribution in [0.2, 0.25) is 5.02 Å². The van der Waals surface area contributed by atoms with E-state index in [0.717, 1.165) is 5.57 Å². The lowest BCUT2D eigenvalue weighted by atomic mass is 10.2. The fraction of sp³-hybridized carbons (Fsp3) is 0.250. The van der Waals surface area contributed by atoms with Crippen LogP contribution in [0.4, 0.5) is 0 Å². The van der Waals surface area contributed by atoms with Gasteiger partial charge in [0.1, 0.15) is 5.75 Å². The Morgan fingerprint density at radius 2 is 2.25 bits per heavy atom. The number of benzene rings is 1. The van der Waals surface area contributed by atoms with E-state index in [1.807, 2.05) is 6.92 Å². The van der Waals surface area contributed by atoms with Gasteiger partial charge < -0.3 is 10.1 Å². The third-order valence-corrected chi connectivity index (χ3v) is 2.19. The number of nitrogens with one attached hydrogen (secondary N) is 1. The Hall–Kier alpha value is -1.48. The van der Waals surface area contributed by atoms with Crippen molar-refractivity contribution >= 4 is 17.5 Å². The summed E-state index contributed by atoms with van der Waals surface area (Å²) in [5.74, 6) is 0.267. The molecule has 0 saturated carbocycles. The van der Waals surface area contributed by atoms with E-state index in [9.17, 15) is 4.79 Å². The van der Waals surface area contributed by atoms with Crippen LogP contribution in [-0.4, -0.2) is 19.6 Å². The van der Waals surface area contributed by atoms with Crippen LogP contribution in [0.25, 0.3) is 0 Å². The van der Waals surface area contributed by atoms with Gasteiger partial charge in [-0.3, -0.25) is 4.79 Å². The number of carbonyl (C=O) groups is 1. The number of rotatable bonds is 4. The summed E-state index contributed by atoms with van der Waals surface area (Å²) in [6.45, 7) is 6.01. The molecule has 16 heavy (non-hydrogen) atoms. The van der Waals surface area contributed by atoms with Crippen LogP contribution in [0.5, 0.6) is 5.75 Å². The summed E-state index contributed by atoms with van der Waals surface area (Å²) < 4.78 is 5.09. The quantitative estimate of drug-likeness (QED) is 0.821. The van der Waals surface area contributed by atoms with Crippen LogP contribution in [0.3, 0.4) is 0 Å². The molecular weight excluding hydrogens is 226 g/mol. The second kappa shape index (κ2) is 5.56. The normalized spacial score (nSPS) is 9.69. The van der Waals surface area contributed by atoms with Gasteiger partial charge in [0.05, 0.1) is 12.7 Å². The number of halogens is 1. The maximum absolute atomic E-state index is 11.8. The second-order valence-electron chi connectivity index (χ2n) is 3.48. The van der Waals surface area contributed by atoms with Gasteiger partial charge >= 0.3 is 0 Å². The molecule has 1 amide bonds. The van der Waals surface area contributed by atoms with Crippen LogP contribution < -0.4 is 10.1 Å². The maximum atomic E-state index is 11.8. The summed E-state index contributed by atoms with van der Waals surface area (Å²) in [6, 6.07) is 4.89. The third-order valence-electron chi connectivity index (χ3n) is 1.96. The molecule has 0 aliphatic carbocycles. The van der Waals surface area contributed by atoms with Crippen molar-refractivity contribution in [2.45, 2.75) is 6.92 Å². The zero-order chi connectivity index (χ0) is 12.1. The van der Waals surface area contributed by atoms with E-state index >= 15 is 0 Å². The maximum Gasteiger partial charge on any atom is 0.255 e. The average molecular weight is 240 g/mol. The van der Waals surface area contributed by atoms with Gasteiger partial charge in [-0.25, -0.2) is 0 Å². The first-order chi connectivity index (χ1) is 7.54. The fourth-order valence-corrected chi connectivity index (χ4v) is 1.34. The summed E-state index contributed by atoms with van der Waals surface area (Å²) in [5, 5.41) is 3.27. The smallest absolute Gasteiger partial charge is 0.255 e. The fourth-order valence-electron chi connectivity index (χ4n) is 1.18. The molecule has 1 N–H and O–H groups in total. The van der Waals surface area contributed by atoms with Crippen molar-refractivity contribution in [3.05, 3.63) is 40.9 Å². The summed E-state index contributed by atoms with van der Waals surface area (Å²) in [4.78, 5) is 11.8. The van der Waals surface area contributed by atoms with E-state index < -0.39 is 0 Å². The first-order valence-electron chi connectivity index (χ1n) is 4.80. The predicted octanol–water partition coefficient (Wildman–Crippen LogP) is 2.65. The van der Waals surface area contributed by atoms with Crippen LogP contribution in [-0.2, 0) is 0 Å². The summed E-state index contributed by atoms with van der Waals surface area (Å²) >= 11 is 5.80. The number of ether oxygens (including phenoxy) is 1. The molecule has 0 aromatic heterocycles. The van der Waals surface area contributed by atoms with E-state index in [4.69, 9.17) is 16.3 Å². The van der Waals surface area contributed by atoms with Crippen molar-refractivity contribution in [3.63, 3.8) is 0 Å². The Morgan fingerprint density at radius 3 is 2.81 bits per heavy atom. The first kappa shape index (κ1) is 12.6. The van der Waals surface area contributed by atoms with Crippen molar-refractivity contribution in [2.24, 2.45) is 0 Å². The lowest BCUT2D eigenvalue weighted by molar-refractivity contribution is 0.0954. The van der Waals surface area contributed by atoms with Crippen LogP contribution in [0.15, 0.2) is 30.4 Å². The molecule has 0 radical (unpaired) electrons. The molecule has 0 bridgehead atoms. The van der Waals surface area contributed by atoms with E-state index in [1.54, 1.807) is 18.2 Å². The van der Waals surface area contributed by atoms with Gasteiger partial charge in [0.2, 0.25) is 0 Å². The molecule has 0 heterocycles. The number of hydrogen-bond acceptors (Lipinski definition) is 2. The van der Waals surface area contributed by atoms with Crippen molar-refractivity contribution in [1.29, 1.82) is 0 Å². The zero-order valence-corrected chi connectivity index (χ0v) is 10.1. The molecule has 1 aromatic rings. The molecule has 0 unspecified atom stereocenters. The van der Waals surface area contributed by atoms with Gasteiger partial charge in [-0.2, -0.15) is 0 Å². The topological polar surface area (TPSA) is 38.3 Å². The van der Waals surface area contributed by atoms with Gasteiger partial charge in [0, 0.05) is 11.6 Å². The SMILES string of the molecule is C=C(C)CNC(=O)c1ccc(Cl)cc1OC. The van der Waals surface area contributed by atoms with Gasteiger partial charge in [-0.05, 0) is 25.1 Å². The standard InChI is InChI=1S/C12H14ClNO2/c1-8(2)7-14-12(15)10-5-4-9(13)6-11(10)16-3/h4-6H,1,7H2,2-3H3,(H,14,15). The minimum absolute atomic E-state index is 0.198. The molecule has 0 saturated heterocycles. The molecule has 3 nitrogen and oxygen atoms in total. The molecule has 1 aromatic carbocycles. The number of methoxy groups -OCH3 is 1. The van der Waals surface area contributed by atoms with Crippen molar-refractivity contribution in [1.82, 2.24) is 5.32 Å². The molecule has 0 aliphatic heterocycles. The Bertz CT molecular complexity index is 415. The van der Waals surface area contributed by atoms with Crippen molar-refractivity contribution < 1.29 is 9.53 Å². The van der Waals surface area contributed by atoms with Crippen molar-refractivity contribution in [2.75, 3.05) is 13.7 Å². The van der Waals surface area contributed by atoms with Gasteiger partial charge in [-0.1, -0.05) is 23.8 Å². The molecule has 4 heteroatoms. The molecule has 1 rings (SSSR count). The highest BCUT2D eigenvalue weighted by atomic mass is 35.5. The van der Waals surface area contributed by atoms with Crippen LogP contribution in [0.1, 0.15) is 17.3 Å². The minimum atomic E-state index is -0.198. The number of hydrogen-bond donors (Lipinski definition) is 1. The van der Waals surface area contributed by atoms with E-state index in [-0.39, 0.29) is 5.91 Å². The van der Waals surface area contributed by atoms with E-state index in [0.29, 0.717) is 22.9 Å². The molecule has 0 spiro atoms. The first-order valence-corrected chi connectivity index (χ1v) is 5.18. The van der Waals surface area contributed by atoms with E-state index in [2.05, 4.69) is 11.9 Å². The van der Waals surface area contributed by atoms with Crippen LogP contribution in [0, 0.1) is 0 Å². The monoisotopic (exact) mass is 239 g/mol. The highest BCUT2D eigenvalue weighted by Gasteiger charge is 2.11. The van der Waals surface area contributed by atoms with Gasteiger partial charge in [0.25, 0.3) is 5.91 Å². The lowest BCUT2D eigenvalue weighted by Gasteiger charge is -2.09. The van der Waals surface area contributed by atoms with Crippen molar-refractivity contribution in [3.8, 4) is 5.75 Å². The molecule has 86 valence electrons. The highest BCUT2D eigenvalue weighted by Crippen LogP contribution is 2.22. The van der Waals surface area contributed by atoms with Gasteiger partial charge in [-0.15, -0.1) is 0 Å². The minimum Gasteiger partial charge on any atom is -0.496 e. The number of amides is 1. The Kier molecular flexibility index (Phi) is 4.38. The Labute approximate surface area is 100 Å². The highest BCUT2D eigenvalue weighted by molar-refractivity contribution is 6.30. The molecule has 0 atom stereocenters. The third kappa shape index (κ3) is 3.28. The summed E-state index contributed by atoms with van der Waals surface area (Å²) in [5.41, 5.74) is 1.36. The predicted molar refractivity (Wildman–Crippen MR) is 65.2 cm³/mol. The summed E-state index contributed by atoms with van der Waals surface area (Å²) in [7, 11) is 1.50. The molecular formula is C12H14ClNO2. The van der Waals surface area contributed by atoms with Crippen LogP contribution >= 0.6 is 11.6 Å². The second-order valence-corrected chi connectivity index (χ2v) is 3.92. The van der Waals surface area contributed by atoms with Gasteiger partial charge in [0.15, 0.2) is 0 Å². The average Bonchev–Trinajstić information content (AvgIpc) is 2.25. The number of carbonyl (C=O) groups excluding carboxylic acids is 1. The Balaban J connectivity index is 2.86. The zero-order valence-electron chi connectivity index (χ0n) is 9.34.